The molecule has 202 valence electrons. The Balaban J connectivity index is 1.68. The summed E-state index contributed by atoms with van der Waals surface area (Å²) in [4.78, 5) is 39.6. The number of phenols is 3. The molecule has 11 nitrogen and oxygen atoms in total. The van der Waals surface area contributed by atoms with E-state index in [1.165, 1.54) is 17.7 Å². The fraction of sp³-hybridized carbons (Fsp3) is 0.138. The van der Waals surface area contributed by atoms with Crippen molar-refractivity contribution in [3.8, 4) is 45.8 Å². The number of carbonyl (C=O) groups is 1. The number of aromatic hydroxyl groups is 4. The van der Waals surface area contributed by atoms with E-state index < -0.39 is 45.9 Å². The third kappa shape index (κ3) is 3.62. The molecule has 4 N–H and O–H groups in total. The Labute approximate surface area is 224 Å². The molecule has 11 heteroatoms. The van der Waals surface area contributed by atoms with Crippen molar-refractivity contribution in [1.29, 1.82) is 0 Å². The van der Waals surface area contributed by atoms with Crippen LogP contribution in [0.25, 0.3) is 33.2 Å². The van der Waals surface area contributed by atoms with Crippen molar-refractivity contribution in [2.24, 2.45) is 7.05 Å². The fourth-order valence-corrected chi connectivity index (χ4v) is 5.15. The van der Waals surface area contributed by atoms with Crippen LogP contribution in [0, 0.1) is 0 Å². The number of methoxy groups -OCH3 is 1. The minimum absolute atomic E-state index is 0.0452. The van der Waals surface area contributed by atoms with Crippen LogP contribution in [0.1, 0.15) is 23.5 Å². The van der Waals surface area contributed by atoms with Gasteiger partial charge in [-0.2, -0.15) is 0 Å². The number of aromatic nitrogens is 1. The summed E-state index contributed by atoms with van der Waals surface area (Å²) in [6, 6.07) is 11.4. The summed E-state index contributed by atoms with van der Waals surface area (Å²) in [5.41, 5.74) is -0.620. The number of pyridine rings is 1. The molecule has 3 aromatic carbocycles. The molecule has 0 saturated heterocycles. The maximum atomic E-state index is 13.6. The van der Waals surface area contributed by atoms with Crippen LogP contribution in [-0.2, 0) is 11.8 Å². The van der Waals surface area contributed by atoms with Crippen molar-refractivity contribution in [3.05, 3.63) is 80.2 Å². The quantitative estimate of drug-likeness (QED) is 0.150. The van der Waals surface area contributed by atoms with E-state index in [-0.39, 0.29) is 45.6 Å². The second-order valence-corrected chi connectivity index (χ2v) is 9.44. The van der Waals surface area contributed by atoms with Gasteiger partial charge in [0.1, 0.15) is 28.2 Å². The lowest BCUT2D eigenvalue weighted by atomic mass is 9.85. The van der Waals surface area contributed by atoms with Crippen LogP contribution < -0.4 is 20.5 Å². The zero-order valence-corrected chi connectivity index (χ0v) is 21.1. The molecule has 1 aliphatic rings. The van der Waals surface area contributed by atoms with Gasteiger partial charge in [0.05, 0.1) is 19.0 Å². The van der Waals surface area contributed by atoms with Crippen molar-refractivity contribution < 1.29 is 39.1 Å². The zero-order valence-electron chi connectivity index (χ0n) is 21.1. The van der Waals surface area contributed by atoms with Gasteiger partial charge in [-0.1, -0.05) is 0 Å². The number of hydrogen-bond donors (Lipinski definition) is 4. The molecule has 0 aliphatic carbocycles. The standard InChI is InChI=1S/C29H21NO10/c1-30-17-9-14(38-2)5-3-12(17)7-16(29(30)37)15-10-22(34)39-21-11-20(33)24-25(35)26(36)27(40-28(24)23(15)21)13-4-6-18(31)19(32)8-13/h3-9,11,15,31-33,36H,10H2,1-2H3. The average molecular weight is 543 g/mol. The molecule has 1 atom stereocenters. The molecule has 40 heavy (non-hydrogen) atoms. The predicted molar refractivity (Wildman–Crippen MR) is 142 cm³/mol. The minimum Gasteiger partial charge on any atom is -0.507 e. The molecular formula is C29H21NO10. The van der Waals surface area contributed by atoms with Gasteiger partial charge in [0.25, 0.3) is 5.56 Å². The van der Waals surface area contributed by atoms with Crippen LogP contribution >= 0.6 is 0 Å². The van der Waals surface area contributed by atoms with E-state index in [0.29, 0.717) is 16.7 Å². The van der Waals surface area contributed by atoms with Crippen molar-refractivity contribution in [2.45, 2.75) is 12.3 Å². The van der Waals surface area contributed by atoms with Crippen molar-refractivity contribution >= 4 is 27.8 Å². The number of carbonyl (C=O) groups excluding carboxylic acids is 1. The van der Waals surface area contributed by atoms with Crippen LogP contribution in [0.2, 0.25) is 0 Å². The molecule has 0 radical (unpaired) electrons. The summed E-state index contributed by atoms with van der Waals surface area (Å²) in [6.45, 7) is 0. The zero-order chi connectivity index (χ0) is 28.5. The van der Waals surface area contributed by atoms with Gasteiger partial charge in [-0.15, -0.1) is 0 Å². The van der Waals surface area contributed by atoms with E-state index in [1.807, 2.05) is 0 Å². The predicted octanol–water partition coefficient (Wildman–Crippen LogP) is 3.58. The molecule has 3 heterocycles. The van der Waals surface area contributed by atoms with E-state index in [9.17, 15) is 34.8 Å². The lowest BCUT2D eigenvalue weighted by Gasteiger charge is -2.26. The van der Waals surface area contributed by atoms with Gasteiger partial charge in [0, 0.05) is 41.8 Å². The Morgan fingerprint density at radius 1 is 0.925 bits per heavy atom. The second kappa shape index (κ2) is 8.80. The highest BCUT2D eigenvalue weighted by atomic mass is 16.5. The lowest BCUT2D eigenvalue weighted by molar-refractivity contribution is -0.135. The molecule has 1 unspecified atom stereocenters. The van der Waals surface area contributed by atoms with Gasteiger partial charge in [0.15, 0.2) is 17.3 Å². The number of benzene rings is 3. The van der Waals surface area contributed by atoms with E-state index in [2.05, 4.69) is 0 Å². The highest BCUT2D eigenvalue weighted by Crippen LogP contribution is 2.47. The Bertz CT molecular complexity index is 2020. The molecule has 0 fully saturated rings. The summed E-state index contributed by atoms with van der Waals surface area (Å²) >= 11 is 0. The van der Waals surface area contributed by atoms with Gasteiger partial charge in [-0.05, 0) is 41.8 Å². The van der Waals surface area contributed by atoms with Crippen molar-refractivity contribution in [1.82, 2.24) is 4.57 Å². The first-order chi connectivity index (χ1) is 19.1. The van der Waals surface area contributed by atoms with Crippen LogP contribution in [0.4, 0.5) is 0 Å². The van der Waals surface area contributed by atoms with Crippen LogP contribution in [0.5, 0.6) is 34.5 Å². The monoisotopic (exact) mass is 543 g/mol. The Morgan fingerprint density at radius 3 is 2.42 bits per heavy atom. The first-order valence-corrected chi connectivity index (χ1v) is 12.1. The number of nitrogens with zero attached hydrogens (tertiary/aromatic N) is 1. The molecule has 0 saturated carbocycles. The maximum absolute atomic E-state index is 13.6. The third-order valence-electron chi connectivity index (χ3n) is 7.14. The average Bonchev–Trinajstić information content (AvgIpc) is 2.93. The summed E-state index contributed by atoms with van der Waals surface area (Å²) in [5, 5.41) is 41.4. The second-order valence-electron chi connectivity index (χ2n) is 9.44. The van der Waals surface area contributed by atoms with Gasteiger partial charge >= 0.3 is 5.97 Å². The molecule has 0 spiro atoms. The van der Waals surface area contributed by atoms with Gasteiger partial charge < -0.3 is 38.9 Å². The normalized spacial score (nSPS) is 14.8. The van der Waals surface area contributed by atoms with E-state index >= 15 is 0 Å². The third-order valence-corrected chi connectivity index (χ3v) is 7.14. The smallest absolute Gasteiger partial charge is 0.312 e. The lowest BCUT2D eigenvalue weighted by Crippen LogP contribution is -2.29. The van der Waals surface area contributed by atoms with E-state index in [4.69, 9.17) is 13.9 Å². The van der Waals surface area contributed by atoms with Gasteiger partial charge in [-0.25, -0.2) is 0 Å². The largest absolute Gasteiger partial charge is 0.507 e. The Hall–Kier alpha value is -5.45. The molecule has 2 aromatic heterocycles. The number of fused-ring (bicyclic) bond motifs is 4. The Morgan fingerprint density at radius 2 is 1.70 bits per heavy atom. The highest BCUT2D eigenvalue weighted by molar-refractivity contribution is 5.94. The van der Waals surface area contributed by atoms with Crippen molar-refractivity contribution in [3.63, 3.8) is 0 Å². The van der Waals surface area contributed by atoms with E-state index in [1.54, 1.807) is 31.3 Å². The van der Waals surface area contributed by atoms with Crippen molar-refractivity contribution in [2.75, 3.05) is 7.11 Å². The first-order valence-electron chi connectivity index (χ1n) is 12.1. The molecule has 0 amide bonds. The summed E-state index contributed by atoms with van der Waals surface area (Å²) in [7, 11) is 3.09. The van der Waals surface area contributed by atoms with Crippen LogP contribution in [-0.4, -0.2) is 38.1 Å². The molecule has 6 rings (SSSR count). The molecular weight excluding hydrogens is 522 g/mol. The maximum Gasteiger partial charge on any atom is 0.312 e. The summed E-state index contributed by atoms with van der Waals surface area (Å²) < 4.78 is 18.1. The number of rotatable bonds is 3. The van der Waals surface area contributed by atoms with Crippen LogP contribution in [0.15, 0.2) is 62.5 Å². The SMILES string of the molecule is COc1ccc2cc(C3CC(=O)Oc4cc(O)c5c(=O)c(O)c(-c6ccc(O)c(O)c6)oc5c43)c(=O)n(C)c2c1. The minimum atomic E-state index is -0.988. The van der Waals surface area contributed by atoms with Gasteiger partial charge in [-0.3, -0.25) is 14.4 Å². The summed E-state index contributed by atoms with van der Waals surface area (Å²) in [6.07, 6.45) is -0.274. The van der Waals surface area contributed by atoms with Gasteiger partial charge in [0.2, 0.25) is 11.2 Å². The number of ether oxygens (including phenoxy) is 2. The molecule has 5 aromatic rings. The number of aryl methyl sites for hydroxylation is 1. The highest BCUT2D eigenvalue weighted by Gasteiger charge is 2.36. The number of hydrogen-bond acceptors (Lipinski definition) is 10. The molecule has 0 bridgehead atoms. The topological polar surface area (TPSA) is 169 Å². The summed E-state index contributed by atoms with van der Waals surface area (Å²) in [5.74, 6) is -3.96. The molecule has 1 aliphatic heterocycles. The Kier molecular flexibility index (Phi) is 5.47. The number of esters is 1. The first kappa shape index (κ1) is 24.9. The number of phenolic OH excluding ortho intramolecular Hbond substituents is 3. The van der Waals surface area contributed by atoms with Crippen LogP contribution in [0.3, 0.4) is 0 Å². The van der Waals surface area contributed by atoms with E-state index in [0.717, 1.165) is 18.2 Å². The fourth-order valence-electron chi connectivity index (χ4n) is 5.15.